The van der Waals surface area contributed by atoms with Gasteiger partial charge in [-0.3, -0.25) is 9.59 Å². The molecule has 7 heteroatoms. The summed E-state index contributed by atoms with van der Waals surface area (Å²) in [6.45, 7) is 1.88. The molecule has 0 heterocycles. The van der Waals surface area contributed by atoms with Crippen LogP contribution in [0, 0.1) is 11.3 Å². The number of nitrogens with zero attached hydrogens (tertiary/aromatic N) is 2. The lowest BCUT2D eigenvalue weighted by atomic mass is 9.90. The van der Waals surface area contributed by atoms with Crippen LogP contribution in [0.15, 0.2) is 91.0 Å². The molecule has 0 radical (unpaired) electrons. The van der Waals surface area contributed by atoms with Crippen molar-refractivity contribution in [2.75, 3.05) is 33.2 Å². The summed E-state index contributed by atoms with van der Waals surface area (Å²) in [4.78, 5) is 27.5. The van der Waals surface area contributed by atoms with Gasteiger partial charge in [0.05, 0.1) is 17.7 Å². The molecule has 39 heavy (non-hydrogen) atoms. The van der Waals surface area contributed by atoms with Gasteiger partial charge in [0.15, 0.2) is 0 Å². The van der Waals surface area contributed by atoms with Crippen molar-refractivity contribution in [3.8, 4) is 6.07 Å². The average molecular weight is 524 g/mol. The Morgan fingerprint density at radius 1 is 0.949 bits per heavy atom. The fourth-order valence-corrected chi connectivity index (χ4v) is 4.37. The normalized spacial score (nSPS) is 11.7. The molecule has 0 bridgehead atoms. The maximum absolute atomic E-state index is 13.5. The summed E-state index contributed by atoms with van der Waals surface area (Å²) in [6.07, 6.45) is 4.49. The lowest BCUT2D eigenvalue weighted by Gasteiger charge is -2.29. The molecule has 0 spiro atoms. The number of likely N-dealkylation sites (N-methyl/N-ethyl adjacent to an activating group) is 1. The van der Waals surface area contributed by atoms with Gasteiger partial charge in [-0.1, -0.05) is 72.8 Å². The standard InChI is InChI=1S/C32H37N5O2/c1-37(24-29(27-9-4-2-5-10-27)28-11-6-3-7-12-28)32(39)30(13-8-20-33)35-21-22-36-31(38)19-18-25-14-16-26(23-34)17-15-25/h2-7,9-12,14-19,29-30,35H,8,13,20-22,24,33H2,1H3,(H,36,38)/b19-18+/t30-/m0/s1. The fraction of sp³-hybridized carbons (Fsp3) is 0.281. The Kier molecular flexibility index (Phi) is 11.9. The second-order valence-corrected chi connectivity index (χ2v) is 9.39. The van der Waals surface area contributed by atoms with Crippen molar-refractivity contribution in [2.45, 2.75) is 24.8 Å². The van der Waals surface area contributed by atoms with E-state index in [1.165, 1.54) is 6.08 Å². The molecule has 0 saturated carbocycles. The zero-order valence-corrected chi connectivity index (χ0v) is 22.4. The van der Waals surface area contributed by atoms with E-state index in [-0.39, 0.29) is 17.7 Å². The molecule has 7 nitrogen and oxygen atoms in total. The highest BCUT2D eigenvalue weighted by Gasteiger charge is 2.24. The number of amides is 2. The number of nitrogens with one attached hydrogen (secondary N) is 2. The molecule has 0 saturated heterocycles. The third-order valence-electron chi connectivity index (χ3n) is 6.51. The Labute approximate surface area is 231 Å². The molecule has 202 valence electrons. The zero-order valence-electron chi connectivity index (χ0n) is 22.4. The smallest absolute Gasteiger partial charge is 0.244 e. The van der Waals surface area contributed by atoms with Gasteiger partial charge in [0.25, 0.3) is 0 Å². The Hall–Kier alpha value is -4.25. The van der Waals surface area contributed by atoms with E-state index in [1.54, 1.807) is 35.2 Å². The minimum Gasteiger partial charge on any atom is -0.351 e. The summed E-state index contributed by atoms with van der Waals surface area (Å²) in [5, 5.41) is 15.0. The van der Waals surface area contributed by atoms with E-state index in [0.29, 0.717) is 38.2 Å². The first-order valence-electron chi connectivity index (χ1n) is 13.3. The van der Waals surface area contributed by atoms with E-state index in [9.17, 15) is 9.59 Å². The summed E-state index contributed by atoms with van der Waals surface area (Å²) in [7, 11) is 1.84. The van der Waals surface area contributed by atoms with Crippen molar-refractivity contribution >= 4 is 17.9 Å². The molecule has 1 atom stereocenters. The summed E-state index contributed by atoms with van der Waals surface area (Å²) in [5.74, 6) is -0.164. The van der Waals surface area contributed by atoms with Crippen LogP contribution in [0.3, 0.4) is 0 Å². The number of nitriles is 1. The van der Waals surface area contributed by atoms with Crippen LogP contribution < -0.4 is 16.4 Å². The highest BCUT2D eigenvalue weighted by molar-refractivity contribution is 5.91. The summed E-state index contributed by atoms with van der Waals surface area (Å²) in [5.41, 5.74) is 9.47. The highest BCUT2D eigenvalue weighted by atomic mass is 16.2. The SMILES string of the molecule is CN(CC(c1ccccc1)c1ccccc1)C(=O)[C@H](CCCN)NCCNC(=O)/C=C/c1ccc(C#N)cc1. The maximum Gasteiger partial charge on any atom is 0.244 e. The van der Waals surface area contributed by atoms with Crippen LogP contribution in [-0.4, -0.2) is 56.0 Å². The zero-order chi connectivity index (χ0) is 27.9. The molecular formula is C32H37N5O2. The van der Waals surface area contributed by atoms with Gasteiger partial charge in [-0.15, -0.1) is 0 Å². The summed E-state index contributed by atoms with van der Waals surface area (Å²) < 4.78 is 0. The van der Waals surface area contributed by atoms with E-state index in [0.717, 1.165) is 23.1 Å². The first-order chi connectivity index (χ1) is 19.0. The quantitative estimate of drug-likeness (QED) is 0.221. The number of benzene rings is 3. The summed E-state index contributed by atoms with van der Waals surface area (Å²) >= 11 is 0. The van der Waals surface area contributed by atoms with Crippen LogP contribution in [0.1, 0.15) is 41.0 Å². The van der Waals surface area contributed by atoms with Crippen LogP contribution in [0.4, 0.5) is 0 Å². The lowest BCUT2D eigenvalue weighted by molar-refractivity contribution is -0.132. The van der Waals surface area contributed by atoms with E-state index < -0.39 is 6.04 Å². The molecular weight excluding hydrogens is 486 g/mol. The molecule has 0 aromatic heterocycles. The van der Waals surface area contributed by atoms with Crippen molar-refractivity contribution < 1.29 is 9.59 Å². The predicted molar refractivity (Wildman–Crippen MR) is 156 cm³/mol. The first-order valence-corrected chi connectivity index (χ1v) is 13.3. The molecule has 3 aromatic rings. The molecule has 0 unspecified atom stereocenters. The van der Waals surface area contributed by atoms with Crippen LogP contribution in [0.2, 0.25) is 0 Å². The fourth-order valence-electron chi connectivity index (χ4n) is 4.37. The van der Waals surface area contributed by atoms with Gasteiger partial charge in [0.2, 0.25) is 11.8 Å². The molecule has 0 fully saturated rings. The van der Waals surface area contributed by atoms with Gasteiger partial charge in [-0.05, 0) is 54.3 Å². The Morgan fingerprint density at radius 2 is 1.56 bits per heavy atom. The highest BCUT2D eigenvalue weighted by Crippen LogP contribution is 2.25. The van der Waals surface area contributed by atoms with Crippen LogP contribution in [-0.2, 0) is 9.59 Å². The van der Waals surface area contributed by atoms with E-state index in [1.807, 2.05) is 43.4 Å². The van der Waals surface area contributed by atoms with Gasteiger partial charge in [-0.25, -0.2) is 0 Å². The van der Waals surface area contributed by atoms with Gasteiger partial charge in [-0.2, -0.15) is 5.26 Å². The topological polar surface area (TPSA) is 111 Å². The van der Waals surface area contributed by atoms with Crippen LogP contribution in [0.5, 0.6) is 0 Å². The second kappa shape index (κ2) is 15.9. The van der Waals surface area contributed by atoms with Gasteiger partial charge < -0.3 is 21.3 Å². The van der Waals surface area contributed by atoms with Crippen LogP contribution >= 0.6 is 0 Å². The molecule has 2 amide bonds. The van der Waals surface area contributed by atoms with Crippen LogP contribution in [0.25, 0.3) is 6.08 Å². The number of carbonyl (C=O) groups is 2. The number of rotatable bonds is 14. The minimum atomic E-state index is -0.392. The molecule has 0 aliphatic heterocycles. The number of carbonyl (C=O) groups excluding carboxylic acids is 2. The first kappa shape index (κ1) is 29.3. The monoisotopic (exact) mass is 523 g/mol. The van der Waals surface area contributed by atoms with E-state index >= 15 is 0 Å². The average Bonchev–Trinajstić information content (AvgIpc) is 2.99. The third-order valence-corrected chi connectivity index (χ3v) is 6.51. The number of hydrogen-bond donors (Lipinski definition) is 3. The molecule has 4 N–H and O–H groups in total. The third kappa shape index (κ3) is 9.53. The Bertz CT molecular complexity index is 1200. The van der Waals surface area contributed by atoms with Crippen molar-refractivity contribution in [2.24, 2.45) is 5.73 Å². The summed E-state index contributed by atoms with van der Waals surface area (Å²) in [6, 6.07) is 29.1. The largest absolute Gasteiger partial charge is 0.351 e. The number of hydrogen-bond acceptors (Lipinski definition) is 5. The predicted octanol–water partition coefficient (Wildman–Crippen LogP) is 3.68. The molecule has 3 aromatic carbocycles. The second-order valence-electron chi connectivity index (χ2n) is 9.39. The Balaban J connectivity index is 1.55. The van der Waals surface area contributed by atoms with Gasteiger partial charge >= 0.3 is 0 Å². The van der Waals surface area contributed by atoms with Gasteiger partial charge in [0.1, 0.15) is 0 Å². The van der Waals surface area contributed by atoms with E-state index in [4.69, 9.17) is 11.0 Å². The van der Waals surface area contributed by atoms with Crippen molar-refractivity contribution in [3.05, 3.63) is 113 Å². The van der Waals surface area contributed by atoms with Crippen molar-refractivity contribution in [1.82, 2.24) is 15.5 Å². The number of nitrogens with two attached hydrogens (primary N) is 1. The van der Waals surface area contributed by atoms with Crippen molar-refractivity contribution in [1.29, 1.82) is 5.26 Å². The molecule has 0 aliphatic rings. The molecule has 3 rings (SSSR count). The lowest BCUT2D eigenvalue weighted by Crippen LogP contribution is -2.48. The van der Waals surface area contributed by atoms with Gasteiger partial charge in [0, 0.05) is 38.7 Å². The van der Waals surface area contributed by atoms with E-state index in [2.05, 4.69) is 41.0 Å². The Morgan fingerprint density at radius 3 is 2.13 bits per heavy atom. The minimum absolute atomic E-state index is 0.00681. The van der Waals surface area contributed by atoms with Crippen molar-refractivity contribution in [3.63, 3.8) is 0 Å². The maximum atomic E-state index is 13.5. The molecule has 0 aliphatic carbocycles.